The van der Waals surface area contributed by atoms with E-state index in [-0.39, 0.29) is 0 Å². The van der Waals surface area contributed by atoms with E-state index in [4.69, 9.17) is 0 Å². The van der Waals surface area contributed by atoms with Gasteiger partial charge in [-0.1, -0.05) is 36.2 Å². The third-order valence-corrected chi connectivity index (χ3v) is 4.51. The highest BCUT2D eigenvalue weighted by atomic mass is 15.2. The molecule has 2 nitrogen and oxygen atoms in total. The largest absolute Gasteiger partial charge is 0.308 e. The quantitative estimate of drug-likeness (QED) is 0.879. The maximum Gasteiger partial charge on any atom is 0.0249 e. The zero-order valence-electron chi connectivity index (χ0n) is 11.4. The van der Waals surface area contributed by atoms with E-state index in [9.17, 15) is 0 Å². The second-order valence-corrected chi connectivity index (χ2v) is 5.86. The molecule has 3 rings (SSSR count). The van der Waals surface area contributed by atoms with E-state index in [0.29, 0.717) is 6.04 Å². The molecule has 1 aromatic carbocycles. The predicted molar refractivity (Wildman–Crippen MR) is 75.6 cm³/mol. The highest BCUT2D eigenvalue weighted by Crippen LogP contribution is 2.27. The lowest BCUT2D eigenvalue weighted by atomic mass is 9.99. The third-order valence-electron chi connectivity index (χ3n) is 4.51. The summed E-state index contributed by atoms with van der Waals surface area (Å²) in [5.41, 5.74) is 2.78. The molecule has 1 N–H and O–H groups in total. The van der Waals surface area contributed by atoms with Crippen molar-refractivity contribution < 1.29 is 0 Å². The Bertz CT molecular complexity index is 402. The first-order chi connectivity index (χ1) is 8.83. The average Bonchev–Trinajstić information content (AvgIpc) is 2.80. The Hall–Kier alpha value is -0.860. The molecule has 0 aromatic heterocycles. The summed E-state index contributed by atoms with van der Waals surface area (Å²) in [5, 5.41) is 3.78. The van der Waals surface area contributed by atoms with E-state index in [0.717, 1.165) is 12.6 Å². The van der Waals surface area contributed by atoms with Gasteiger partial charge in [0, 0.05) is 25.2 Å². The number of fused-ring (bicyclic) bond motifs is 1. The summed E-state index contributed by atoms with van der Waals surface area (Å²) < 4.78 is 0. The molecule has 2 aliphatic heterocycles. The Labute approximate surface area is 110 Å². The second kappa shape index (κ2) is 5.41. The normalized spacial score (nSPS) is 28.3. The summed E-state index contributed by atoms with van der Waals surface area (Å²) >= 11 is 0. The fraction of sp³-hybridized carbons (Fsp3) is 0.625. The molecule has 2 aliphatic rings. The fourth-order valence-electron chi connectivity index (χ4n) is 3.56. The van der Waals surface area contributed by atoms with Crippen LogP contribution in [0, 0.1) is 6.92 Å². The van der Waals surface area contributed by atoms with Gasteiger partial charge < -0.3 is 5.32 Å². The summed E-state index contributed by atoms with van der Waals surface area (Å²) in [7, 11) is 0. The van der Waals surface area contributed by atoms with Crippen LogP contribution in [-0.2, 0) is 6.54 Å². The lowest BCUT2D eigenvalue weighted by Crippen LogP contribution is -2.44. The smallest absolute Gasteiger partial charge is 0.0249 e. The highest BCUT2D eigenvalue weighted by Gasteiger charge is 2.34. The molecule has 0 radical (unpaired) electrons. The van der Waals surface area contributed by atoms with Crippen LogP contribution in [0.5, 0.6) is 0 Å². The summed E-state index contributed by atoms with van der Waals surface area (Å²) in [5.74, 6) is 0. The molecule has 0 spiro atoms. The molecule has 2 heteroatoms. The Morgan fingerprint density at radius 3 is 3.06 bits per heavy atom. The Morgan fingerprint density at radius 1 is 1.22 bits per heavy atom. The van der Waals surface area contributed by atoms with Gasteiger partial charge in [-0.15, -0.1) is 0 Å². The second-order valence-electron chi connectivity index (χ2n) is 5.86. The standard InChI is InChI=1S/C16H24N2/c1-13-5-4-6-14(11-13)12-17-15-8-10-18-9-3-2-7-16(15)18/h4-6,11,15-17H,2-3,7-10,12H2,1H3. The van der Waals surface area contributed by atoms with E-state index in [1.54, 1.807) is 0 Å². The topological polar surface area (TPSA) is 15.3 Å². The Morgan fingerprint density at radius 2 is 2.17 bits per heavy atom. The van der Waals surface area contributed by atoms with Crippen molar-refractivity contribution >= 4 is 0 Å². The van der Waals surface area contributed by atoms with Crippen LogP contribution in [0.3, 0.4) is 0 Å². The van der Waals surface area contributed by atoms with Crippen molar-refractivity contribution in [1.82, 2.24) is 10.2 Å². The van der Waals surface area contributed by atoms with Gasteiger partial charge in [0.1, 0.15) is 0 Å². The van der Waals surface area contributed by atoms with Crippen LogP contribution in [-0.4, -0.2) is 30.1 Å². The first kappa shape index (κ1) is 12.2. The van der Waals surface area contributed by atoms with Gasteiger partial charge in [0.2, 0.25) is 0 Å². The van der Waals surface area contributed by atoms with Crippen LogP contribution in [0.2, 0.25) is 0 Å². The molecule has 2 atom stereocenters. The van der Waals surface area contributed by atoms with Crippen molar-refractivity contribution in [2.45, 2.75) is 51.2 Å². The minimum absolute atomic E-state index is 0.714. The molecule has 0 bridgehead atoms. The number of piperidine rings is 1. The van der Waals surface area contributed by atoms with Gasteiger partial charge in [-0.25, -0.2) is 0 Å². The lowest BCUT2D eigenvalue weighted by Gasteiger charge is -2.32. The SMILES string of the molecule is Cc1cccc(CNC2CCN3CCCCC23)c1. The minimum Gasteiger partial charge on any atom is -0.308 e. The van der Waals surface area contributed by atoms with Crippen LogP contribution < -0.4 is 5.32 Å². The van der Waals surface area contributed by atoms with Crippen LogP contribution in [0.25, 0.3) is 0 Å². The molecule has 2 heterocycles. The summed E-state index contributed by atoms with van der Waals surface area (Å²) in [6.07, 6.45) is 5.55. The molecular formula is C16H24N2. The van der Waals surface area contributed by atoms with E-state index in [1.165, 1.54) is 49.9 Å². The van der Waals surface area contributed by atoms with Crippen LogP contribution in [0.4, 0.5) is 0 Å². The van der Waals surface area contributed by atoms with Gasteiger partial charge in [-0.2, -0.15) is 0 Å². The first-order valence-corrected chi connectivity index (χ1v) is 7.36. The maximum absolute atomic E-state index is 3.78. The molecule has 2 unspecified atom stereocenters. The monoisotopic (exact) mass is 244 g/mol. The molecule has 0 aliphatic carbocycles. The summed E-state index contributed by atoms with van der Waals surface area (Å²) in [4.78, 5) is 2.69. The van der Waals surface area contributed by atoms with Crippen LogP contribution >= 0.6 is 0 Å². The summed E-state index contributed by atoms with van der Waals surface area (Å²) in [6.45, 7) is 5.82. The van der Waals surface area contributed by atoms with Gasteiger partial charge in [-0.05, 0) is 38.3 Å². The van der Waals surface area contributed by atoms with Gasteiger partial charge in [0.15, 0.2) is 0 Å². The number of benzene rings is 1. The van der Waals surface area contributed by atoms with Crippen LogP contribution in [0.15, 0.2) is 24.3 Å². The van der Waals surface area contributed by atoms with Gasteiger partial charge in [-0.3, -0.25) is 4.90 Å². The minimum atomic E-state index is 0.714. The molecule has 0 amide bonds. The van der Waals surface area contributed by atoms with Gasteiger partial charge in [0.05, 0.1) is 0 Å². The Kier molecular flexibility index (Phi) is 3.67. The fourth-order valence-corrected chi connectivity index (χ4v) is 3.56. The predicted octanol–water partition coefficient (Wildman–Crippen LogP) is 2.71. The van der Waals surface area contributed by atoms with E-state index >= 15 is 0 Å². The molecule has 18 heavy (non-hydrogen) atoms. The van der Waals surface area contributed by atoms with Crippen molar-refractivity contribution in [3.8, 4) is 0 Å². The molecule has 2 saturated heterocycles. The third kappa shape index (κ3) is 2.60. The zero-order valence-corrected chi connectivity index (χ0v) is 11.4. The number of aryl methyl sites for hydroxylation is 1. The highest BCUT2D eigenvalue weighted by molar-refractivity contribution is 5.22. The van der Waals surface area contributed by atoms with E-state index in [2.05, 4.69) is 41.4 Å². The van der Waals surface area contributed by atoms with Crippen molar-refractivity contribution in [2.75, 3.05) is 13.1 Å². The molecular weight excluding hydrogens is 220 g/mol. The van der Waals surface area contributed by atoms with Crippen molar-refractivity contribution in [3.05, 3.63) is 35.4 Å². The van der Waals surface area contributed by atoms with Crippen molar-refractivity contribution in [1.29, 1.82) is 0 Å². The number of rotatable bonds is 3. The van der Waals surface area contributed by atoms with Crippen molar-refractivity contribution in [3.63, 3.8) is 0 Å². The summed E-state index contributed by atoms with van der Waals surface area (Å²) in [6, 6.07) is 10.4. The molecule has 1 aromatic rings. The van der Waals surface area contributed by atoms with Gasteiger partial charge in [0.25, 0.3) is 0 Å². The number of hydrogen-bond acceptors (Lipinski definition) is 2. The maximum atomic E-state index is 3.78. The lowest BCUT2D eigenvalue weighted by molar-refractivity contribution is 0.180. The number of nitrogens with one attached hydrogen (secondary N) is 1. The van der Waals surface area contributed by atoms with Crippen molar-refractivity contribution in [2.24, 2.45) is 0 Å². The molecule has 2 fully saturated rings. The van der Waals surface area contributed by atoms with Crippen LogP contribution in [0.1, 0.15) is 36.8 Å². The molecule has 98 valence electrons. The average molecular weight is 244 g/mol. The van der Waals surface area contributed by atoms with Gasteiger partial charge >= 0.3 is 0 Å². The zero-order chi connectivity index (χ0) is 12.4. The molecule has 0 saturated carbocycles. The van der Waals surface area contributed by atoms with E-state index < -0.39 is 0 Å². The number of nitrogens with zero attached hydrogens (tertiary/aromatic N) is 1. The Balaban J connectivity index is 1.57. The first-order valence-electron chi connectivity index (χ1n) is 7.36. The number of hydrogen-bond donors (Lipinski definition) is 1. The van der Waals surface area contributed by atoms with E-state index in [1.807, 2.05) is 0 Å².